The minimum Gasteiger partial charge on any atom is 0 e. The summed E-state index contributed by atoms with van der Waals surface area (Å²) in [6, 6.07) is 0. The van der Waals surface area contributed by atoms with Crippen LogP contribution in [0.25, 0.3) is 0 Å². The quantitative estimate of drug-likeness (QED) is 0.349. The number of hydrogen-bond donors (Lipinski definition) is 3. The van der Waals surface area contributed by atoms with Crippen LogP contribution in [-0.4, -0.2) is 22.3 Å². The minimum absolute atomic E-state index is 0. The number of halogens is 8. The van der Waals surface area contributed by atoms with Crippen LogP contribution < -0.4 is 6.15 Å². The summed E-state index contributed by atoms with van der Waals surface area (Å²) in [6.45, 7) is 1.20. The summed E-state index contributed by atoms with van der Waals surface area (Å²) in [5.74, 6) is -1.19. The Kier molecular flexibility index (Phi) is 225. The molecular formula is C3H13Cl8CuNO3Pd2Sm. The maximum atomic E-state index is 9.45. The Hall–Kier alpha value is 4.89. The number of carbonyl (C=O) groups is 1. The van der Waals surface area contributed by atoms with Crippen LogP contribution in [0.2, 0.25) is 0 Å². The van der Waals surface area contributed by atoms with E-state index in [1.165, 1.54) is 6.92 Å². The molecule has 0 fully saturated rings. The van der Waals surface area contributed by atoms with Gasteiger partial charge in [0, 0.05) is 60.8 Å². The summed E-state index contributed by atoms with van der Waals surface area (Å²) in [5, 5.41) is 15.8. The Labute approximate surface area is 215 Å². The second kappa shape index (κ2) is 66.0. The van der Waals surface area contributed by atoms with Crippen molar-refractivity contribution in [2.45, 2.75) is 13.0 Å². The van der Waals surface area contributed by atoms with Crippen LogP contribution in [0.15, 0.2) is 0 Å². The predicted molar refractivity (Wildman–Crippen MR) is 76.7 cm³/mol. The van der Waals surface area contributed by atoms with Crippen molar-refractivity contribution in [1.29, 1.82) is 0 Å². The Morgan fingerprint density at radius 3 is 1.21 bits per heavy atom. The topological polar surface area (TPSA) is 92.5 Å². The smallest absolute Gasteiger partial charge is 0 e. The van der Waals surface area contributed by atoms with Gasteiger partial charge in [-0.15, -0.1) is 49.6 Å². The Morgan fingerprint density at radius 2 is 1.21 bits per heavy atom. The molecule has 0 aromatic rings. The molecule has 0 rings (SSSR count). The standard InChI is InChI=1S/C3H6O3.8ClH.Cu.H3N.2Pd.Sm/c1-2(4)3(5)6;;;;;;;;;;;;;/h2,4H,1H3,(H,5,6);8*1H;;1H3;;;/q;;;;;;;;;+2;;;+2;/p-4. The number of aliphatic carboxylic acids is 1. The van der Waals surface area contributed by atoms with Gasteiger partial charge in [-0.3, -0.25) is 0 Å². The zero-order valence-corrected chi connectivity index (χ0v) is 21.5. The van der Waals surface area contributed by atoms with E-state index in [-0.39, 0.29) is 133 Å². The van der Waals surface area contributed by atoms with Gasteiger partial charge in [-0.2, -0.15) is 0 Å². The van der Waals surface area contributed by atoms with Gasteiger partial charge in [0.05, 0.1) is 0 Å². The molecule has 141 valence electrons. The molecule has 0 aliphatic heterocycles. The molecule has 0 aromatic heterocycles. The molecule has 0 spiro atoms. The van der Waals surface area contributed by atoms with Gasteiger partial charge in [-0.1, -0.05) is 0 Å². The zero-order chi connectivity index (χ0) is 10.6. The second-order valence-corrected chi connectivity index (χ2v) is 5.02. The summed E-state index contributed by atoms with van der Waals surface area (Å²) in [6.07, 6.45) is -1.23. The van der Waals surface area contributed by atoms with E-state index in [2.05, 4.69) is 20.2 Å². The largest absolute Gasteiger partial charge is 0 e. The SMILES string of the molecule is CC(O)C(=O)O.Cl.Cl.Cl.Cl.N.[Cl][Cu][Cl].[Cl][Pd][Cl].[Pd].[Sm]. The van der Waals surface area contributed by atoms with Gasteiger partial charge in [0.2, 0.25) is 0 Å². The van der Waals surface area contributed by atoms with Crippen molar-refractivity contribution in [3.8, 4) is 0 Å². The van der Waals surface area contributed by atoms with Crippen molar-refractivity contribution in [1.82, 2.24) is 6.15 Å². The number of aliphatic hydroxyl groups is 1. The molecule has 1 unspecified atom stereocenters. The van der Waals surface area contributed by atoms with Crippen LogP contribution in [0.4, 0.5) is 0 Å². The summed E-state index contributed by atoms with van der Waals surface area (Å²) >= 11 is 0.651. The molecule has 0 aliphatic rings. The number of rotatable bonds is 1. The number of carboxylic acid groups (broad SMARTS) is 1. The molecule has 0 radical (unpaired) electrons. The first-order valence-electron chi connectivity index (χ1n) is 2.02. The van der Waals surface area contributed by atoms with E-state index in [0.717, 1.165) is 13.1 Å². The number of carboxylic acids is 1. The van der Waals surface area contributed by atoms with E-state index in [4.69, 9.17) is 29.3 Å². The zero-order valence-electron chi connectivity index (χ0n) is 8.57. The normalized spacial score (nSPS) is 6.63. The van der Waals surface area contributed by atoms with Crippen molar-refractivity contribution < 1.29 is 105 Å². The summed E-state index contributed by atoms with van der Waals surface area (Å²) in [4.78, 5) is 9.45. The molecule has 0 bridgehead atoms. The first-order valence-corrected chi connectivity index (χ1v) is 8.61. The molecule has 19 heavy (non-hydrogen) atoms. The molecule has 1 atom stereocenters. The van der Waals surface area contributed by atoms with Crippen LogP contribution in [0, 0.1) is 40.4 Å². The van der Waals surface area contributed by atoms with E-state index in [1.54, 1.807) is 0 Å². The predicted octanol–water partition coefficient (Wildman–Crippen LogP) is 4.05. The van der Waals surface area contributed by atoms with Crippen LogP contribution in [0.5, 0.6) is 0 Å². The van der Waals surface area contributed by atoms with Crippen LogP contribution in [0.1, 0.15) is 6.92 Å². The van der Waals surface area contributed by atoms with E-state index in [0.29, 0.717) is 0 Å². The first-order chi connectivity index (χ1) is 5.47. The van der Waals surface area contributed by atoms with Gasteiger partial charge >= 0.3 is 74.3 Å². The number of aliphatic hydroxyl groups excluding tert-OH is 1. The van der Waals surface area contributed by atoms with Gasteiger partial charge in [0.15, 0.2) is 0 Å². The van der Waals surface area contributed by atoms with Gasteiger partial charge in [-0.25, -0.2) is 4.79 Å². The molecule has 16 heteroatoms. The molecular weight excluding hydrogens is 808 g/mol. The van der Waals surface area contributed by atoms with Crippen LogP contribution in [-0.2, 0) is 54.3 Å². The maximum Gasteiger partial charge on any atom is 0 e. The van der Waals surface area contributed by atoms with Crippen molar-refractivity contribution in [3.63, 3.8) is 0 Å². The van der Waals surface area contributed by atoms with Gasteiger partial charge < -0.3 is 16.4 Å². The fourth-order valence-corrected chi connectivity index (χ4v) is 0. The van der Waals surface area contributed by atoms with E-state index in [9.17, 15) is 4.79 Å². The number of hydrogen-bond acceptors (Lipinski definition) is 3. The van der Waals surface area contributed by atoms with Gasteiger partial charge in [-0.05, 0) is 6.92 Å². The van der Waals surface area contributed by atoms with E-state index in [1.807, 2.05) is 0 Å². The van der Waals surface area contributed by atoms with Gasteiger partial charge in [0.25, 0.3) is 0 Å². The molecule has 0 heterocycles. The fraction of sp³-hybridized carbons (Fsp3) is 0.667. The van der Waals surface area contributed by atoms with Gasteiger partial charge in [0.1, 0.15) is 6.10 Å². The Bertz CT molecular complexity index is 113. The molecule has 0 amide bonds. The first kappa shape index (κ1) is 64.9. The van der Waals surface area contributed by atoms with E-state index >= 15 is 0 Å². The monoisotopic (exact) mass is 817 g/mol. The molecule has 4 nitrogen and oxygen atoms in total. The maximum absolute atomic E-state index is 9.45. The minimum atomic E-state index is -1.23. The molecule has 0 saturated carbocycles. The van der Waals surface area contributed by atoms with Crippen molar-refractivity contribution in [2.75, 3.05) is 0 Å². The Morgan fingerprint density at radius 1 is 1.16 bits per heavy atom. The third-order valence-corrected chi connectivity index (χ3v) is 0.357. The van der Waals surface area contributed by atoms with E-state index < -0.39 is 12.1 Å². The molecule has 0 aliphatic carbocycles. The molecule has 0 aromatic carbocycles. The fourth-order valence-electron chi connectivity index (χ4n) is 0. The van der Waals surface area contributed by atoms with Crippen molar-refractivity contribution in [3.05, 3.63) is 0 Å². The third kappa shape index (κ3) is 126. The third-order valence-electron chi connectivity index (χ3n) is 0.357. The summed E-state index contributed by atoms with van der Waals surface area (Å²) < 4.78 is 0. The van der Waals surface area contributed by atoms with Crippen LogP contribution in [0.3, 0.4) is 0 Å². The average Bonchev–Trinajstić information content (AvgIpc) is 1.90. The summed E-state index contributed by atoms with van der Waals surface area (Å²) in [5.41, 5.74) is 0. The van der Waals surface area contributed by atoms with Crippen LogP contribution >= 0.6 is 88.9 Å². The summed E-state index contributed by atoms with van der Waals surface area (Å²) in [7, 11) is 19.0. The molecule has 0 saturated heterocycles. The second-order valence-electron chi connectivity index (χ2n) is 1.10. The van der Waals surface area contributed by atoms with Crippen molar-refractivity contribution >= 4 is 94.9 Å². The Balaban J connectivity index is -0.00000000714. The molecule has 5 N–H and O–H groups in total. The van der Waals surface area contributed by atoms with Crippen molar-refractivity contribution in [2.24, 2.45) is 0 Å². The average molecular weight is 822 g/mol.